The van der Waals surface area contributed by atoms with Crippen LogP contribution >= 0.6 is 34.4 Å². The fraction of sp³-hybridized carbons (Fsp3) is 0.368. The number of benzene rings is 1. The van der Waals surface area contributed by atoms with Crippen LogP contribution in [0.25, 0.3) is 11.0 Å². The van der Waals surface area contributed by atoms with Crippen molar-refractivity contribution in [3.05, 3.63) is 28.0 Å². The number of nitrogens with zero attached hydrogens (tertiary/aromatic N) is 3. The summed E-state index contributed by atoms with van der Waals surface area (Å²) in [6.45, 7) is 4.29. The molecule has 0 spiro atoms. The van der Waals surface area contributed by atoms with Gasteiger partial charge in [-0.15, -0.1) is 0 Å². The highest BCUT2D eigenvalue weighted by molar-refractivity contribution is 14.1. The summed E-state index contributed by atoms with van der Waals surface area (Å²) in [7, 11) is 0. The number of rotatable bonds is 6. The highest BCUT2D eigenvalue weighted by atomic mass is 127. The van der Waals surface area contributed by atoms with Crippen LogP contribution in [0.4, 0.5) is 5.82 Å². The number of aromatic nitrogens is 3. The zero-order valence-corrected chi connectivity index (χ0v) is 18.0. The maximum atomic E-state index is 6.07. The van der Waals surface area contributed by atoms with Crippen molar-refractivity contribution in [1.82, 2.24) is 14.5 Å². The van der Waals surface area contributed by atoms with Gasteiger partial charge < -0.3 is 19.8 Å². The van der Waals surface area contributed by atoms with Gasteiger partial charge in [-0.25, -0.2) is 9.97 Å². The molecule has 0 unspecified atom stereocenters. The SMILES string of the molecule is CCCCCn1c(Sc2cc3c(cc2I)OCCO3)nc2c(N)nccc21. The number of pyridine rings is 1. The van der Waals surface area contributed by atoms with E-state index in [-0.39, 0.29) is 0 Å². The average molecular weight is 496 g/mol. The minimum absolute atomic E-state index is 0.473. The molecule has 0 fully saturated rings. The fourth-order valence-electron chi connectivity index (χ4n) is 3.09. The second-order valence-electron chi connectivity index (χ2n) is 6.35. The summed E-state index contributed by atoms with van der Waals surface area (Å²) < 4.78 is 14.8. The number of unbranched alkanes of at least 4 members (excludes halogenated alkanes) is 2. The number of hydrogen-bond acceptors (Lipinski definition) is 6. The highest BCUT2D eigenvalue weighted by Crippen LogP contribution is 2.41. The Morgan fingerprint density at radius 2 is 2.00 bits per heavy atom. The van der Waals surface area contributed by atoms with Gasteiger partial charge in [-0.1, -0.05) is 31.5 Å². The van der Waals surface area contributed by atoms with E-state index >= 15 is 0 Å². The van der Waals surface area contributed by atoms with Crippen LogP contribution in [0.15, 0.2) is 34.4 Å². The number of imidazole rings is 1. The average Bonchev–Trinajstić information content (AvgIpc) is 3.01. The molecule has 3 heterocycles. The number of hydrogen-bond donors (Lipinski definition) is 1. The molecule has 0 saturated carbocycles. The summed E-state index contributed by atoms with van der Waals surface area (Å²) >= 11 is 3.97. The minimum atomic E-state index is 0.473. The Bertz CT molecular complexity index is 976. The van der Waals surface area contributed by atoms with Crippen molar-refractivity contribution < 1.29 is 9.47 Å². The van der Waals surface area contributed by atoms with E-state index in [0.29, 0.717) is 19.0 Å². The van der Waals surface area contributed by atoms with Crippen molar-refractivity contribution >= 4 is 51.2 Å². The third kappa shape index (κ3) is 3.82. The zero-order chi connectivity index (χ0) is 18.8. The molecule has 2 N–H and O–H groups in total. The van der Waals surface area contributed by atoms with Crippen LogP contribution in [0, 0.1) is 3.57 Å². The summed E-state index contributed by atoms with van der Waals surface area (Å²) in [6, 6.07) is 6.05. The van der Waals surface area contributed by atoms with Gasteiger partial charge in [0.2, 0.25) is 0 Å². The number of anilines is 1. The molecule has 1 aliphatic heterocycles. The van der Waals surface area contributed by atoms with Gasteiger partial charge in [0.25, 0.3) is 0 Å². The molecule has 142 valence electrons. The molecular formula is C19H21IN4O2S. The standard InChI is InChI=1S/C19H21IN4O2S/c1-2-3-4-7-24-13-5-6-22-18(21)17(13)23-19(24)27-16-11-15-14(10-12(16)20)25-8-9-26-15/h5-6,10-11H,2-4,7-9H2,1H3,(H2,21,22). The minimum Gasteiger partial charge on any atom is -0.486 e. The Balaban J connectivity index is 1.72. The van der Waals surface area contributed by atoms with E-state index in [2.05, 4.69) is 39.1 Å². The van der Waals surface area contributed by atoms with Gasteiger partial charge in [0.1, 0.15) is 18.7 Å². The molecule has 0 atom stereocenters. The normalized spacial score (nSPS) is 13.3. The number of nitrogens with two attached hydrogens (primary N) is 1. The van der Waals surface area contributed by atoms with Gasteiger partial charge >= 0.3 is 0 Å². The Hall–Kier alpha value is -1.68. The van der Waals surface area contributed by atoms with Crippen LogP contribution in [0.2, 0.25) is 0 Å². The topological polar surface area (TPSA) is 75.2 Å². The van der Waals surface area contributed by atoms with E-state index in [9.17, 15) is 0 Å². The number of aryl methyl sites for hydroxylation is 1. The molecular weight excluding hydrogens is 475 g/mol. The predicted molar refractivity (Wildman–Crippen MR) is 116 cm³/mol. The summed E-state index contributed by atoms with van der Waals surface area (Å²) in [5.41, 5.74) is 7.88. The van der Waals surface area contributed by atoms with Crippen molar-refractivity contribution in [1.29, 1.82) is 0 Å². The fourth-order valence-corrected chi connectivity index (χ4v) is 4.81. The Morgan fingerprint density at radius 3 is 2.78 bits per heavy atom. The molecule has 4 rings (SSSR count). The number of nitrogen functional groups attached to an aromatic ring is 1. The number of fused-ring (bicyclic) bond motifs is 2. The van der Waals surface area contributed by atoms with Crippen LogP contribution in [0.5, 0.6) is 11.5 Å². The van der Waals surface area contributed by atoms with E-state index < -0.39 is 0 Å². The van der Waals surface area contributed by atoms with Crippen molar-refractivity contribution in [2.45, 2.75) is 42.8 Å². The molecule has 2 aromatic heterocycles. The van der Waals surface area contributed by atoms with E-state index in [1.165, 1.54) is 12.8 Å². The molecule has 0 amide bonds. The van der Waals surface area contributed by atoms with Crippen molar-refractivity contribution in [2.24, 2.45) is 0 Å². The zero-order valence-electron chi connectivity index (χ0n) is 15.1. The predicted octanol–water partition coefficient (Wildman–Crippen LogP) is 4.73. The van der Waals surface area contributed by atoms with Gasteiger partial charge in [-0.3, -0.25) is 0 Å². The van der Waals surface area contributed by atoms with Crippen LogP contribution in [0.1, 0.15) is 26.2 Å². The number of halogens is 1. The molecule has 27 heavy (non-hydrogen) atoms. The van der Waals surface area contributed by atoms with Gasteiger partial charge in [0.15, 0.2) is 22.5 Å². The lowest BCUT2D eigenvalue weighted by Crippen LogP contribution is -2.15. The molecule has 0 bridgehead atoms. The summed E-state index contributed by atoms with van der Waals surface area (Å²) in [4.78, 5) is 10.1. The molecule has 8 heteroatoms. The molecule has 6 nitrogen and oxygen atoms in total. The Kier molecular flexibility index (Phi) is 5.63. The first-order chi connectivity index (χ1) is 13.2. The lowest BCUT2D eigenvalue weighted by molar-refractivity contribution is 0.171. The smallest absolute Gasteiger partial charge is 0.174 e. The van der Waals surface area contributed by atoms with Gasteiger partial charge in [-0.05, 0) is 47.2 Å². The van der Waals surface area contributed by atoms with E-state index in [0.717, 1.165) is 49.1 Å². The first-order valence-corrected chi connectivity index (χ1v) is 10.9. The summed E-state index contributed by atoms with van der Waals surface area (Å²) in [5, 5.41) is 0.926. The number of ether oxygens (including phenoxy) is 2. The molecule has 3 aromatic rings. The lowest BCUT2D eigenvalue weighted by Gasteiger charge is -2.19. The van der Waals surface area contributed by atoms with Gasteiger partial charge in [-0.2, -0.15) is 0 Å². The van der Waals surface area contributed by atoms with Crippen LogP contribution in [-0.4, -0.2) is 27.7 Å². The van der Waals surface area contributed by atoms with E-state index in [1.54, 1.807) is 18.0 Å². The first kappa shape index (κ1) is 18.7. The Morgan fingerprint density at radius 1 is 1.22 bits per heavy atom. The quantitative estimate of drug-likeness (QED) is 0.393. The largest absolute Gasteiger partial charge is 0.486 e. The van der Waals surface area contributed by atoms with Gasteiger partial charge in [0.05, 0.1) is 5.52 Å². The second-order valence-corrected chi connectivity index (χ2v) is 8.52. The molecule has 1 aromatic carbocycles. The molecule has 0 aliphatic carbocycles. The van der Waals surface area contributed by atoms with Crippen molar-refractivity contribution in [3.8, 4) is 11.5 Å². The maximum absolute atomic E-state index is 6.07. The molecule has 0 saturated heterocycles. The summed E-state index contributed by atoms with van der Waals surface area (Å²) in [5.74, 6) is 2.07. The lowest BCUT2D eigenvalue weighted by atomic mass is 10.2. The molecule has 0 radical (unpaired) electrons. The van der Waals surface area contributed by atoms with Crippen molar-refractivity contribution in [3.63, 3.8) is 0 Å². The Labute approximate surface area is 176 Å². The van der Waals surface area contributed by atoms with Gasteiger partial charge in [0, 0.05) is 21.2 Å². The second kappa shape index (κ2) is 8.14. The third-order valence-corrected chi connectivity index (χ3v) is 6.75. The van der Waals surface area contributed by atoms with Crippen LogP contribution < -0.4 is 15.2 Å². The monoisotopic (exact) mass is 496 g/mol. The van der Waals surface area contributed by atoms with Crippen molar-refractivity contribution in [2.75, 3.05) is 18.9 Å². The first-order valence-electron chi connectivity index (χ1n) is 9.05. The van der Waals surface area contributed by atoms with E-state index in [4.69, 9.17) is 20.2 Å². The third-order valence-electron chi connectivity index (χ3n) is 4.44. The summed E-state index contributed by atoms with van der Waals surface area (Å²) in [6.07, 6.45) is 5.22. The van der Waals surface area contributed by atoms with E-state index in [1.807, 2.05) is 18.2 Å². The highest BCUT2D eigenvalue weighted by Gasteiger charge is 2.19. The van der Waals surface area contributed by atoms with Crippen LogP contribution in [0.3, 0.4) is 0 Å². The molecule has 1 aliphatic rings. The van der Waals surface area contributed by atoms with Crippen LogP contribution in [-0.2, 0) is 6.54 Å². The maximum Gasteiger partial charge on any atom is 0.174 e.